The largest absolute Gasteiger partial charge is 0.465 e. The Morgan fingerprint density at radius 2 is 1.64 bits per heavy atom. The van der Waals surface area contributed by atoms with Gasteiger partial charge in [-0.15, -0.1) is 0 Å². The molecule has 2 heteroatoms. The summed E-state index contributed by atoms with van der Waals surface area (Å²) in [5.41, 5.74) is 1.13. The lowest BCUT2D eigenvalue weighted by Crippen LogP contribution is -2.53. The van der Waals surface area contributed by atoms with Crippen molar-refractivity contribution in [3.05, 3.63) is 0 Å². The molecule has 0 bridgehead atoms. The zero-order valence-electron chi connectivity index (χ0n) is 16.3. The zero-order chi connectivity index (χ0) is 17.2. The molecule has 0 aromatic rings. The standard InChI is InChI=1S/C23H36O2/c1-22-11-4-3-5-16(22)6-7-17-19-9-8-18(15-13-21(24)25-14-15)23(19,2)12-10-20(17)22/h15-20H,3-14H2,1-2H3/t15?,16-,17-,18+,19-,20-,22-,23+/m0/s1. The Hall–Kier alpha value is -0.530. The van der Waals surface area contributed by atoms with Gasteiger partial charge in [0, 0.05) is 5.92 Å². The third-order valence-electron chi connectivity index (χ3n) is 10.1. The molecule has 1 unspecified atom stereocenters. The van der Waals surface area contributed by atoms with Gasteiger partial charge in [0.05, 0.1) is 13.0 Å². The fourth-order valence-corrected chi connectivity index (χ4v) is 8.90. The molecular weight excluding hydrogens is 308 g/mol. The van der Waals surface area contributed by atoms with Crippen molar-refractivity contribution in [3.8, 4) is 0 Å². The summed E-state index contributed by atoms with van der Waals surface area (Å²) in [6.07, 6.45) is 15.3. The monoisotopic (exact) mass is 344 g/mol. The van der Waals surface area contributed by atoms with Gasteiger partial charge in [0.1, 0.15) is 0 Å². The molecular formula is C23H36O2. The highest BCUT2D eigenvalue weighted by molar-refractivity contribution is 5.71. The van der Waals surface area contributed by atoms with Gasteiger partial charge < -0.3 is 4.74 Å². The molecule has 0 radical (unpaired) electrons. The molecule has 4 aliphatic carbocycles. The van der Waals surface area contributed by atoms with E-state index < -0.39 is 0 Å². The molecule has 0 aromatic carbocycles. The Balaban J connectivity index is 1.40. The van der Waals surface area contributed by atoms with Gasteiger partial charge in [-0.25, -0.2) is 0 Å². The highest BCUT2D eigenvalue weighted by Crippen LogP contribution is 2.68. The summed E-state index contributed by atoms with van der Waals surface area (Å²) in [7, 11) is 0. The summed E-state index contributed by atoms with van der Waals surface area (Å²) in [6, 6.07) is 0. The van der Waals surface area contributed by atoms with Crippen molar-refractivity contribution in [3.63, 3.8) is 0 Å². The quantitative estimate of drug-likeness (QED) is 0.579. The van der Waals surface area contributed by atoms with Crippen LogP contribution in [0.25, 0.3) is 0 Å². The second-order valence-electron chi connectivity index (χ2n) is 10.8. The number of fused-ring (bicyclic) bond motifs is 5. The molecule has 4 saturated carbocycles. The minimum absolute atomic E-state index is 0.0564. The number of ether oxygens (including phenoxy) is 1. The van der Waals surface area contributed by atoms with Crippen LogP contribution in [0.1, 0.15) is 84.5 Å². The summed E-state index contributed by atoms with van der Waals surface area (Å²) in [5, 5.41) is 0. The highest BCUT2D eigenvalue weighted by Gasteiger charge is 2.60. The molecule has 2 nitrogen and oxygen atoms in total. The maximum atomic E-state index is 11.7. The number of hydrogen-bond donors (Lipinski definition) is 0. The topological polar surface area (TPSA) is 26.3 Å². The van der Waals surface area contributed by atoms with Crippen LogP contribution in [0, 0.1) is 46.3 Å². The van der Waals surface area contributed by atoms with Crippen molar-refractivity contribution in [2.75, 3.05) is 6.61 Å². The van der Waals surface area contributed by atoms with E-state index in [1.807, 2.05) is 0 Å². The maximum absolute atomic E-state index is 11.7. The van der Waals surface area contributed by atoms with Crippen LogP contribution in [0.4, 0.5) is 0 Å². The van der Waals surface area contributed by atoms with E-state index >= 15 is 0 Å². The Bertz CT molecular complexity index is 556. The Kier molecular flexibility index (Phi) is 3.81. The number of cyclic esters (lactones) is 1. The Morgan fingerprint density at radius 1 is 0.840 bits per heavy atom. The van der Waals surface area contributed by atoms with Crippen molar-refractivity contribution in [2.45, 2.75) is 84.5 Å². The first-order chi connectivity index (χ1) is 12.0. The first-order valence-electron chi connectivity index (χ1n) is 11.2. The van der Waals surface area contributed by atoms with Gasteiger partial charge in [0.15, 0.2) is 0 Å². The number of carbonyl (C=O) groups is 1. The molecule has 5 fully saturated rings. The van der Waals surface area contributed by atoms with Gasteiger partial charge in [0.2, 0.25) is 0 Å². The van der Waals surface area contributed by atoms with E-state index in [-0.39, 0.29) is 5.97 Å². The zero-order valence-corrected chi connectivity index (χ0v) is 16.3. The second-order valence-corrected chi connectivity index (χ2v) is 10.8. The number of carbonyl (C=O) groups excluding carboxylic acids is 1. The smallest absolute Gasteiger partial charge is 0.306 e. The van der Waals surface area contributed by atoms with Crippen molar-refractivity contribution in [1.82, 2.24) is 0 Å². The third-order valence-corrected chi connectivity index (χ3v) is 10.1. The Labute approximate surface area is 153 Å². The van der Waals surface area contributed by atoms with Crippen molar-refractivity contribution in [2.24, 2.45) is 46.3 Å². The van der Waals surface area contributed by atoms with Crippen molar-refractivity contribution in [1.29, 1.82) is 0 Å². The number of hydrogen-bond acceptors (Lipinski definition) is 2. The van der Waals surface area contributed by atoms with Gasteiger partial charge >= 0.3 is 5.97 Å². The highest BCUT2D eigenvalue weighted by atomic mass is 16.5. The predicted octanol–water partition coefficient (Wildman–Crippen LogP) is 5.60. The van der Waals surface area contributed by atoms with Gasteiger partial charge in [-0.05, 0) is 91.8 Å². The van der Waals surface area contributed by atoms with E-state index in [0.717, 1.165) is 29.6 Å². The van der Waals surface area contributed by atoms with Crippen LogP contribution in [0.15, 0.2) is 0 Å². The molecule has 8 atom stereocenters. The second kappa shape index (κ2) is 5.73. The lowest BCUT2D eigenvalue weighted by Gasteiger charge is -2.60. The molecule has 5 rings (SSSR count). The molecule has 1 aliphatic heterocycles. The molecule has 1 heterocycles. The van der Waals surface area contributed by atoms with Gasteiger partial charge in [-0.2, -0.15) is 0 Å². The minimum atomic E-state index is 0.0564. The third kappa shape index (κ3) is 2.31. The van der Waals surface area contributed by atoms with Crippen LogP contribution in [0.3, 0.4) is 0 Å². The number of esters is 1. The van der Waals surface area contributed by atoms with Gasteiger partial charge in [-0.1, -0.05) is 26.7 Å². The van der Waals surface area contributed by atoms with E-state index in [0.29, 0.717) is 29.8 Å². The molecule has 0 N–H and O–H groups in total. The fourth-order valence-electron chi connectivity index (χ4n) is 8.90. The molecule has 0 spiro atoms. The van der Waals surface area contributed by atoms with Crippen molar-refractivity contribution >= 4 is 5.97 Å². The normalized spacial score (nSPS) is 55.2. The van der Waals surface area contributed by atoms with Crippen LogP contribution in [0.2, 0.25) is 0 Å². The van der Waals surface area contributed by atoms with Crippen LogP contribution < -0.4 is 0 Å². The van der Waals surface area contributed by atoms with E-state index in [1.165, 1.54) is 64.2 Å². The van der Waals surface area contributed by atoms with Crippen LogP contribution in [0.5, 0.6) is 0 Å². The van der Waals surface area contributed by atoms with E-state index in [4.69, 9.17) is 4.74 Å². The molecule has 25 heavy (non-hydrogen) atoms. The van der Waals surface area contributed by atoms with E-state index in [2.05, 4.69) is 13.8 Å². The van der Waals surface area contributed by atoms with Gasteiger partial charge in [-0.3, -0.25) is 4.79 Å². The summed E-state index contributed by atoms with van der Waals surface area (Å²) in [4.78, 5) is 11.7. The SMILES string of the molecule is C[C@]12CCCC[C@H]1CC[C@@H]1[C@@H]2CC[C@]2(C)[C@@H](C3COC(=O)C3)CC[C@@H]12. The van der Waals surface area contributed by atoms with E-state index in [9.17, 15) is 4.79 Å². The molecule has 0 aromatic heterocycles. The number of rotatable bonds is 1. The molecule has 0 amide bonds. The lowest BCUT2D eigenvalue weighted by atomic mass is 9.44. The average Bonchev–Trinajstić information content (AvgIpc) is 3.16. The van der Waals surface area contributed by atoms with E-state index in [1.54, 1.807) is 0 Å². The molecule has 140 valence electrons. The first-order valence-corrected chi connectivity index (χ1v) is 11.2. The molecule has 1 saturated heterocycles. The lowest BCUT2D eigenvalue weighted by molar-refractivity contribution is -0.137. The van der Waals surface area contributed by atoms with Gasteiger partial charge in [0.25, 0.3) is 0 Å². The fraction of sp³-hybridized carbons (Fsp3) is 0.957. The predicted molar refractivity (Wildman–Crippen MR) is 98.9 cm³/mol. The summed E-state index contributed by atoms with van der Waals surface area (Å²) in [6.45, 7) is 5.98. The van der Waals surface area contributed by atoms with Crippen molar-refractivity contribution < 1.29 is 9.53 Å². The maximum Gasteiger partial charge on any atom is 0.306 e. The van der Waals surface area contributed by atoms with Crippen LogP contribution in [-0.2, 0) is 9.53 Å². The summed E-state index contributed by atoms with van der Waals surface area (Å²) in [5.74, 6) is 5.21. The average molecular weight is 345 g/mol. The minimum Gasteiger partial charge on any atom is -0.465 e. The van der Waals surface area contributed by atoms with Crippen LogP contribution in [-0.4, -0.2) is 12.6 Å². The Morgan fingerprint density at radius 3 is 2.44 bits per heavy atom. The first kappa shape index (κ1) is 16.6. The van der Waals surface area contributed by atoms with Crippen LogP contribution >= 0.6 is 0 Å². The molecule has 5 aliphatic rings. The summed E-state index contributed by atoms with van der Waals surface area (Å²) < 4.78 is 5.36. The summed E-state index contributed by atoms with van der Waals surface area (Å²) >= 11 is 0.